The van der Waals surface area contributed by atoms with Crippen LogP contribution in [0.4, 0.5) is 4.39 Å². The number of hydrazone groups is 1. The maximum Gasteiger partial charge on any atom is 0.277 e. The first-order valence-electron chi connectivity index (χ1n) is 6.31. The first-order valence-corrected chi connectivity index (χ1v) is 7.44. The van der Waals surface area contributed by atoms with Crippen molar-refractivity contribution in [3.05, 3.63) is 62.8 Å². The summed E-state index contributed by atoms with van der Waals surface area (Å²) >= 11 is 17.5. The molecule has 2 aromatic rings. The number of hydrogen-bond donors (Lipinski definition) is 1. The fraction of sp³-hybridized carbons (Fsp3) is 0.0667. The zero-order chi connectivity index (χ0) is 16.8. The molecule has 4 nitrogen and oxygen atoms in total. The molecule has 0 aliphatic heterocycles. The van der Waals surface area contributed by atoms with Gasteiger partial charge < -0.3 is 4.74 Å². The highest BCUT2D eigenvalue weighted by Gasteiger charge is 2.09. The number of benzene rings is 2. The Kier molecular flexibility index (Phi) is 6.21. The molecule has 0 aliphatic carbocycles. The number of amides is 1. The van der Waals surface area contributed by atoms with E-state index in [1.54, 1.807) is 12.1 Å². The van der Waals surface area contributed by atoms with Gasteiger partial charge in [0.05, 0.1) is 21.3 Å². The SMILES string of the molecule is O=C(COc1cc(Cl)c(Cl)cc1Cl)N/N=C/c1ccccc1F. The minimum atomic E-state index is -0.542. The van der Waals surface area contributed by atoms with Gasteiger partial charge in [-0.1, -0.05) is 53.0 Å². The van der Waals surface area contributed by atoms with E-state index in [9.17, 15) is 9.18 Å². The summed E-state index contributed by atoms with van der Waals surface area (Å²) in [7, 11) is 0. The number of carbonyl (C=O) groups excluding carboxylic acids is 1. The van der Waals surface area contributed by atoms with Gasteiger partial charge >= 0.3 is 0 Å². The molecule has 0 radical (unpaired) electrons. The van der Waals surface area contributed by atoms with E-state index < -0.39 is 11.7 Å². The van der Waals surface area contributed by atoms with E-state index in [0.717, 1.165) is 0 Å². The van der Waals surface area contributed by atoms with Crippen LogP contribution in [0, 0.1) is 5.82 Å². The van der Waals surface area contributed by atoms with Gasteiger partial charge in [0.25, 0.3) is 5.91 Å². The van der Waals surface area contributed by atoms with Crippen molar-refractivity contribution in [2.45, 2.75) is 0 Å². The Morgan fingerprint density at radius 1 is 1.17 bits per heavy atom. The maximum absolute atomic E-state index is 13.3. The summed E-state index contributed by atoms with van der Waals surface area (Å²) in [6, 6.07) is 8.84. The van der Waals surface area contributed by atoms with Crippen molar-refractivity contribution in [1.82, 2.24) is 5.43 Å². The number of nitrogens with one attached hydrogen (secondary N) is 1. The molecule has 0 fully saturated rings. The quantitative estimate of drug-likeness (QED) is 0.481. The highest BCUT2D eigenvalue weighted by atomic mass is 35.5. The Balaban J connectivity index is 1.89. The fourth-order valence-electron chi connectivity index (χ4n) is 1.54. The van der Waals surface area contributed by atoms with Gasteiger partial charge in [0, 0.05) is 11.6 Å². The zero-order valence-electron chi connectivity index (χ0n) is 11.5. The van der Waals surface area contributed by atoms with E-state index >= 15 is 0 Å². The van der Waals surface area contributed by atoms with Crippen LogP contribution in [-0.4, -0.2) is 18.7 Å². The minimum absolute atomic E-state index is 0.217. The molecular formula is C15H10Cl3FN2O2. The summed E-state index contributed by atoms with van der Waals surface area (Å²) in [6.45, 7) is -0.341. The monoisotopic (exact) mass is 374 g/mol. The van der Waals surface area contributed by atoms with Gasteiger partial charge in [0.15, 0.2) is 6.61 Å². The van der Waals surface area contributed by atoms with Gasteiger partial charge in [0.1, 0.15) is 11.6 Å². The number of ether oxygens (including phenoxy) is 1. The number of hydrogen-bond acceptors (Lipinski definition) is 3. The van der Waals surface area contributed by atoms with Crippen LogP contribution in [-0.2, 0) is 4.79 Å². The molecule has 1 amide bonds. The lowest BCUT2D eigenvalue weighted by molar-refractivity contribution is -0.123. The van der Waals surface area contributed by atoms with Crippen molar-refractivity contribution < 1.29 is 13.9 Å². The standard InChI is InChI=1S/C15H10Cl3FN2O2/c16-10-5-12(18)14(6-11(10)17)23-8-15(22)21-20-7-9-3-1-2-4-13(9)19/h1-7H,8H2,(H,21,22)/b20-7+. The molecule has 2 rings (SSSR count). The second kappa shape index (κ2) is 8.15. The molecule has 0 atom stereocenters. The van der Waals surface area contributed by atoms with E-state index in [-0.39, 0.29) is 33.0 Å². The molecule has 0 unspecified atom stereocenters. The molecule has 0 saturated heterocycles. The van der Waals surface area contributed by atoms with Crippen LogP contribution >= 0.6 is 34.8 Å². The molecule has 0 aromatic heterocycles. The summed E-state index contributed by atoms with van der Waals surface area (Å²) in [5.41, 5.74) is 2.46. The van der Waals surface area contributed by atoms with Crippen molar-refractivity contribution in [2.24, 2.45) is 5.10 Å². The van der Waals surface area contributed by atoms with Crippen LogP contribution in [0.3, 0.4) is 0 Å². The number of nitrogens with zero attached hydrogens (tertiary/aromatic N) is 1. The second-order valence-corrected chi connectivity index (χ2v) is 5.52. The van der Waals surface area contributed by atoms with Crippen molar-refractivity contribution in [3.63, 3.8) is 0 Å². The zero-order valence-corrected chi connectivity index (χ0v) is 13.8. The van der Waals surface area contributed by atoms with Crippen molar-refractivity contribution in [2.75, 3.05) is 6.61 Å². The molecule has 1 N–H and O–H groups in total. The van der Waals surface area contributed by atoms with E-state index in [4.69, 9.17) is 39.5 Å². The van der Waals surface area contributed by atoms with Crippen molar-refractivity contribution in [3.8, 4) is 5.75 Å². The lowest BCUT2D eigenvalue weighted by atomic mass is 10.2. The lowest BCUT2D eigenvalue weighted by Gasteiger charge is -2.08. The van der Waals surface area contributed by atoms with E-state index in [1.807, 2.05) is 0 Å². The van der Waals surface area contributed by atoms with E-state index in [1.165, 1.54) is 30.5 Å². The van der Waals surface area contributed by atoms with E-state index in [0.29, 0.717) is 0 Å². The highest BCUT2D eigenvalue weighted by Crippen LogP contribution is 2.33. The largest absolute Gasteiger partial charge is 0.482 e. The Labute approximate surface area is 146 Å². The highest BCUT2D eigenvalue weighted by molar-refractivity contribution is 6.43. The van der Waals surface area contributed by atoms with Crippen LogP contribution in [0.25, 0.3) is 0 Å². The Hall–Kier alpha value is -1.82. The maximum atomic E-state index is 13.3. The number of rotatable bonds is 5. The third-order valence-electron chi connectivity index (χ3n) is 2.63. The Morgan fingerprint density at radius 3 is 2.61 bits per heavy atom. The summed E-state index contributed by atoms with van der Waals surface area (Å²) < 4.78 is 18.6. The van der Waals surface area contributed by atoms with Crippen LogP contribution in [0.1, 0.15) is 5.56 Å². The minimum Gasteiger partial charge on any atom is -0.482 e. The van der Waals surface area contributed by atoms with Gasteiger partial charge in [0.2, 0.25) is 0 Å². The summed E-state index contributed by atoms with van der Waals surface area (Å²) in [6.07, 6.45) is 1.19. The normalized spacial score (nSPS) is 10.8. The average molecular weight is 376 g/mol. The summed E-state index contributed by atoms with van der Waals surface area (Å²) in [5, 5.41) is 4.40. The average Bonchev–Trinajstić information content (AvgIpc) is 2.51. The molecule has 0 spiro atoms. The molecule has 8 heteroatoms. The summed E-state index contributed by atoms with van der Waals surface area (Å²) in [5.74, 6) is -0.765. The van der Waals surface area contributed by atoms with Gasteiger partial charge in [-0.2, -0.15) is 5.10 Å². The van der Waals surface area contributed by atoms with Crippen LogP contribution < -0.4 is 10.2 Å². The molecular weight excluding hydrogens is 366 g/mol. The van der Waals surface area contributed by atoms with Gasteiger partial charge in [-0.25, -0.2) is 9.82 Å². The predicted molar refractivity (Wildman–Crippen MR) is 89.1 cm³/mol. The molecule has 0 heterocycles. The molecule has 2 aromatic carbocycles. The fourth-order valence-corrected chi connectivity index (χ4v) is 2.14. The van der Waals surface area contributed by atoms with Crippen molar-refractivity contribution >= 4 is 46.9 Å². The first-order chi connectivity index (χ1) is 11.0. The predicted octanol–water partition coefficient (Wildman–Crippen LogP) is 4.32. The van der Waals surface area contributed by atoms with Crippen LogP contribution in [0.5, 0.6) is 5.75 Å². The Morgan fingerprint density at radius 2 is 1.87 bits per heavy atom. The van der Waals surface area contributed by atoms with E-state index in [2.05, 4.69) is 10.5 Å². The van der Waals surface area contributed by atoms with Gasteiger partial charge in [-0.3, -0.25) is 4.79 Å². The lowest BCUT2D eigenvalue weighted by Crippen LogP contribution is -2.24. The van der Waals surface area contributed by atoms with Gasteiger partial charge in [-0.05, 0) is 12.1 Å². The van der Waals surface area contributed by atoms with Gasteiger partial charge in [-0.15, -0.1) is 0 Å². The molecule has 0 bridgehead atoms. The topological polar surface area (TPSA) is 50.7 Å². The summed E-state index contributed by atoms with van der Waals surface area (Å²) in [4.78, 5) is 11.6. The second-order valence-electron chi connectivity index (χ2n) is 4.30. The molecule has 0 saturated carbocycles. The van der Waals surface area contributed by atoms with Crippen LogP contribution in [0.15, 0.2) is 41.5 Å². The molecule has 120 valence electrons. The third kappa shape index (κ3) is 5.10. The van der Waals surface area contributed by atoms with Crippen molar-refractivity contribution in [1.29, 1.82) is 0 Å². The number of carbonyl (C=O) groups is 1. The third-order valence-corrected chi connectivity index (χ3v) is 3.65. The first kappa shape index (κ1) is 17.5. The number of halogens is 4. The Bertz CT molecular complexity index is 753. The molecule has 23 heavy (non-hydrogen) atoms. The smallest absolute Gasteiger partial charge is 0.277 e. The van der Waals surface area contributed by atoms with Crippen LogP contribution in [0.2, 0.25) is 15.1 Å². The molecule has 0 aliphatic rings.